The molecule has 1 aromatic heterocycles. The van der Waals surface area contributed by atoms with Gasteiger partial charge in [0.15, 0.2) is 0 Å². The molecule has 1 aliphatic rings. The Morgan fingerprint density at radius 2 is 2.19 bits per heavy atom. The lowest BCUT2D eigenvalue weighted by atomic mass is 10.1. The minimum Gasteiger partial charge on any atom is -0.480 e. The van der Waals surface area contributed by atoms with E-state index in [4.69, 9.17) is 11.6 Å². The Hall–Kier alpha value is -1.27. The molecule has 1 atom stereocenters. The highest BCUT2D eigenvalue weighted by atomic mass is 35.5. The zero-order valence-corrected chi connectivity index (χ0v) is 13.4. The number of halogens is 1. The predicted octanol–water partition coefficient (Wildman–Crippen LogP) is 2.50. The molecule has 1 saturated heterocycles. The number of aliphatic carboxylic acids is 1. The second kappa shape index (κ2) is 6.66. The first-order valence-electron chi connectivity index (χ1n) is 6.69. The number of pyridine rings is 1. The van der Waals surface area contributed by atoms with Crippen molar-refractivity contribution in [3.8, 4) is 0 Å². The lowest BCUT2D eigenvalue weighted by Gasteiger charge is -2.32. The topological polar surface area (TPSA) is 70.5 Å². The summed E-state index contributed by atoms with van der Waals surface area (Å²) >= 11 is 7.52. The average Bonchev–Trinajstić information content (AvgIpc) is 2.45. The Morgan fingerprint density at radius 1 is 1.48 bits per heavy atom. The minimum atomic E-state index is -0.972. The predicted molar refractivity (Wildman–Crippen MR) is 83.1 cm³/mol. The van der Waals surface area contributed by atoms with Gasteiger partial charge in [0.2, 0.25) is 0 Å². The van der Waals surface area contributed by atoms with Crippen molar-refractivity contribution in [1.29, 1.82) is 0 Å². The summed E-state index contributed by atoms with van der Waals surface area (Å²) in [6, 6.07) is 2.40. The fourth-order valence-corrected chi connectivity index (χ4v) is 3.41. The van der Waals surface area contributed by atoms with Gasteiger partial charge in [-0.25, -0.2) is 9.78 Å². The summed E-state index contributed by atoms with van der Waals surface area (Å²) in [5.74, 6) is 0.0265. The number of amides is 1. The highest BCUT2D eigenvalue weighted by Gasteiger charge is 2.33. The molecule has 0 spiro atoms. The maximum absolute atomic E-state index is 12.6. The maximum Gasteiger partial charge on any atom is 0.327 e. The molecule has 0 aromatic carbocycles. The van der Waals surface area contributed by atoms with Crippen LogP contribution in [0.1, 0.15) is 35.8 Å². The van der Waals surface area contributed by atoms with Crippen molar-refractivity contribution in [3.63, 3.8) is 0 Å². The molecule has 7 heteroatoms. The van der Waals surface area contributed by atoms with E-state index in [1.807, 2.05) is 13.8 Å². The largest absolute Gasteiger partial charge is 0.480 e. The van der Waals surface area contributed by atoms with Crippen LogP contribution in [-0.2, 0) is 4.79 Å². The molecule has 2 heterocycles. The summed E-state index contributed by atoms with van der Waals surface area (Å²) in [4.78, 5) is 29.5. The molecule has 2 rings (SSSR count). The van der Waals surface area contributed by atoms with Gasteiger partial charge in [-0.2, -0.15) is 11.8 Å². The van der Waals surface area contributed by atoms with Gasteiger partial charge in [-0.1, -0.05) is 25.4 Å². The second-order valence-corrected chi connectivity index (χ2v) is 6.72. The van der Waals surface area contributed by atoms with Crippen LogP contribution in [0.15, 0.2) is 12.1 Å². The van der Waals surface area contributed by atoms with E-state index in [1.165, 1.54) is 11.0 Å². The summed E-state index contributed by atoms with van der Waals surface area (Å²) in [5.41, 5.74) is 1.13. The van der Waals surface area contributed by atoms with Gasteiger partial charge in [0, 0.05) is 29.3 Å². The fraction of sp³-hybridized carbons (Fsp3) is 0.500. The monoisotopic (exact) mass is 328 g/mol. The molecule has 1 aliphatic heterocycles. The van der Waals surface area contributed by atoms with Crippen LogP contribution >= 0.6 is 23.4 Å². The van der Waals surface area contributed by atoms with E-state index in [0.29, 0.717) is 17.9 Å². The number of hydrogen-bond acceptors (Lipinski definition) is 4. The SMILES string of the molecule is CC(C)c1cc(C(=O)N2CCSCC2C(=O)O)cc(Cl)n1. The number of thioether (sulfide) groups is 1. The zero-order valence-electron chi connectivity index (χ0n) is 11.9. The first kappa shape index (κ1) is 16.1. The Bertz CT molecular complexity index is 565. The van der Waals surface area contributed by atoms with Gasteiger partial charge in [-0.15, -0.1) is 0 Å². The van der Waals surface area contributed by atoms with Crippen LogP contribution in [0.2, 0.25) is 5.15 Å². The molecule has 5 nitrogen and oxygen atoms in total. The Kier molecular flexibility index (Phi) is 5.11. The molecule has 114 valence electrons. The van der Waals surface area contributed by atoms with Gasteiger partial charge in [-0.05, 0) is 18.1 Å². The van der Waals surface area contributed by atoms with Crippen molar-refractivity contribution in [2.45, 2.75) is 25.8 Å². The number of rotatable bonds is 3. The second-order valence-electron chi connectivity index (χ2n) is 5.19. The third-order valence-corrected chi connectivity index (χ3v) is 4.54. The first-order chi connectivity index (χ1) is 9.90. The van der Waals surface area contributed by atoms with E-state index in [0.717, 1.165) is 11.4 Å². The van der Waals surface area contributed by atoms with E-state index in [-0.39, 0.29) is 17.0 Å². The number of carbonyl (C=O) groups is 2. The zero-order chi connectivity index (χ0) is 15.6. The standard InChI is InChI=1S/C14H17ClN2O3S/c1-8(2)10-5-9(6-12(15)16-10)13(18)17-3-4-21-7-11(17)14(19)20/h5-6,8,11H,3-4,7H2,1-2H3,(H,19,20). The van der Waals surface area contributed by atoms with E-state index < -0.39 is 12.0 Å². The van der Waals surface area contributed by atoms with Crippen molar-refractivity contribution in [1.82, 2.24) is 9.88 Å². The van der Waals surface area contributed by atoms with Crippen molar-refractivity contribution in [2.24, 2.45) is 0 Å². The van der Waals surface area contributed by atoms with Crippen LogP contribution in [0.3, 0.4) is 0 Å². The molecule has 1 unspecified atom stereocenters. The molecule has 1 N–H and O–H groups in total. The van der Waals surface area contributed by atoms with E-state index >= 15 is 0 Å². The fourth-order valence-electron chi connectivity index (χ4n) is 2.15. The number of nitrogens with zero attached hydrogens (tertiary/aromatic N) is 2. The Morgan fingerprint density at radius 3 is 2.81 bits per heavy atom. The first-order valence-corrected chi connectivity index (χ1v) is 8.22. The Balaban J connectivity index is 2.32. The van der Waals surface area contributed by atoms with Gasteiger partial charge in [0.05, 0.1) is 0 Å². The van der Waals surface area contributed by atoms with Crippen molar-refractivity contribution in [2.75, 3.05) is 18.1 Å². The maximum atomic E-state index is 12.6. The lowest BCUT2D eigenvalue weighted by Crippen LogP contribution is -2.50. The normalized spacial score (nSPS) is 18.9. The van der Waals surface area contributed by atoms with E-state index in [2.05, 4.69) is 4.98 Å². The summed E-state index contributed by atoms with van der Waals surface area (Å²) in [7, 11) is 0. The van der Waals surface area contributed by atoms with Gasteiger partial charge >= 0.3 is 5.97 Å². The number of carboxylic acids is 1. The van der Waals surface area contributed by atoms with Crippen molar-refractivity contribution < 1.29 is 14.7 Å². The Labute approximate surface area is 132 Å². The van der Waals surface area contributed by atoms with Crippen molar-refractivity contribution >= 4 is 35.2 Å². The molecule has 1 fully saturated rings. The van der Waals surface area contributed by atoms with Crippen molar-refractivity contribution in [3.05, 3.63) is 28.5 Å². The third-order valence-electron chi connectivity index (χ3n) is 3.33. The highest BCUT2D eigenvalue weighted by Crippen LogP contribution is 2.22. The molecule has 0 aliphatic carbocycles. The number of carbonyl (C=O) groups excluding carboxylic acids is 1. The van der Waals surface area contributed by atoms with Gasteiger partial charge in [0.25, 0.3) is 5.91 Å². The quantitative estimate of drug-likeness (QED) is 0.863. The summed E-state index contributed by atoms with van der Waals surface area (Å²) in [6.07, 6.45) is 0. The smallest absolute Gasteiger partial charge is 0.327 e. The molecular formula is C14H17ClN2O3S. The summed E-state index contributed by atoms with van der Waals surface area (Å²) in [6.45, 7) is 4.35. The molecule has 0 radical (unpaired) electrons. The number of carboxylic acid groups (broad SMARTS) is 1. The molecule has 0 saturated carbocycles. The van der Waals surface area contributed by atoms with E-state index in [9.17, 15) is 14.7 Å². The number of aromatic nitrogens is 1. The van der Waals surface area contributed by atoms with Crippen LogP contribution in [0.4, 0.5) is 0 Å². The molecule has 0 bridgehead atoms. The van der Waals surface area contributed by atoms with E-state index in [1.54, 1.807) is 17.8 Å². The summed E-state index contributed by atoms with van der Waals surface area (Å²) in [5, 5.41) is 9.51. The van der Waals surface area contributed by atoms with Gasteiger partial charge in [-0.3, -0.25) is 4.79 Å². The van der Waals surface area contributed by atoms with Crippen LogP contribution < -0.4 is 0 Å². The van der Waals surface area contributed by atoms with Crippen LogP contribution in [0.5, 0.6) is 0 Å². The molecular weight excluding hydrogens is 312 g/mol. The van der Waals surface area contributed by atoms with Crippen LogP contribution in [0, 0.1) is 0 Å². The lowest BCUT2D eigenvalue weighted by molar-refractivity contribution is -0.141. The molecule has 1 aromatic rings. The minimum absolute atomic E-state index is 0.141. The van der Waals surface area contributed by atoms with Crippen LogP contribution in [0.25, 0.3) is 0 Å². The van der Waals surface area contributed by atoms with Gasteiger partial charge < -0.3 is 10.0 Å². The number of hydrogen-bond donors (Lipinski definition) is 1. The van der Waals surface area contributed by atoms with Crippen LogP contribution in [-0.4, -0.2) is 51.0 Å². The molecule has 21 heavy (non-hydrogen) atoms. The average molecular weight is 329 g/mol. The third kappa shape index (κ3) is 3.68. The summed E-state index contributed by atoms with van der Waals surface area (Å²) < 4.78 is 0. The molecule has 1 amide bonds. The van der Waals surface area contributed by atoms with Gasteiger partial charge in [0.1, 0.15) is 11.2 Å². The highest BCUT2D eigenvalue weighted by molar-refractivity contribution is 7.99.